The lowest BCUT2D eigenvalue weighted by molar-refractivity contribution is 0.366. The van der Waals surface area contributed by atoms with Gasteiger partial charge >= 0.3 is 0 Å². The number of thioether (sulfide) groups is 2. The number of rotatable bonds is 5. The van der Waals surface area contributed by atoms with Crippen LogP contribution in [0.5, 0.6) is 0 Å². The molecule has 0 aromatic heterocycles. The molecular weight excluding hydrogens is 256 g/mol. The van der Waals surface area contributed by atoms with E-state index in [2.05, 4.69) is 85.8 Å². The molecule has 0 aliphatic rings. The van der Waals surface area contributed by atoms with Crippen LogP contribution >= 0.6 is 23.5 Å². The van der Waals surface area contributed by atoms with Gasteiger partial charge in [-0.2, -0.15) is 23.5 Å². The first-order valence-corrected chi connectivity index (χ1v) is 8.97. The molecular formula is C16H34S2. The Hall–Kier alpha value is 0.700. The van der Waals surface area contributed by atoms with E-state index in [-0.39, 0.29) is 0 Å². The van der Waals surface area contributed by atoms with Crippen LogP contribution in [0.15, 0.2) is 0 Å². The lowest BCUT2D eigenvalue weighted by Gasteiger charge is -2.30. The summed E-state index contributed by atoms with van der Waals surface area (Å²) in [5, 5.41) is 0.786. The molecule has 0 rings (SSSR count). The van der Waals surface area contributed by atoms with E-state index in [1.165, 1.54) is 18.6 Å². The fourth-order valence-electron chi connectivity index (χ4n) is 1.61. The van der Waals surface area contributed by atoms with Crippen molar-refractivity contribution >= 4 is 23.5 Å². The smallest absolute Gasteiger partial charge is 0.0143 e. The minimum atomic E-state index is 0.376. The van der Waals surface area contributed by atoms with E-state index < -0.39 is 0 Å². The van der Waals surface area contributed by atoms with Crippen molar-refractivity contribution in [2.24, 2.45) is 5.41 Å². The van der Waals surface area contributed by atoms with Crippen LogP contribution in [0, 0.1) is 5.41 Å². The second kappa shape index (κ2) is 6.92. The molecule has 1 atom stereocenters. The maximum absolute atomic E-state index is 2.35. The van der Waals surface area contributed by atoms with Gasteiger partial charge in [0.15, 0.2) is 0 Å². The highest BCUT2D eigenvalue weighted by Crippen LogP contribution is 2.37. The van der Waals surface area contributed by atoms with Gasteiger partial charge in [0.05, 0.1) is 0 Å². The lowest BCUT2D eigenvalue weighted by Crippen LogP contribution is -2.22. The van der Waals surface area contributed by atoms with E-state index in [4.69, 9.17) is 0 Å². The van der Waals surface area contributed by atoms with Gasteiger partial charge in [-0.15, -0.1) is 0 Å². The van der Waals surface area contributed by atoms with E-state index in [1.807, 2.05) is 0 Å². The Bertz CT molecular complexity index is 207. The molecule has 0 spiro atoms. The lowest BCUT2D eigenvalue weighted by atomic mass is 9.90. The third kappa shape index (κ3) is 13.1. The first-order valence-electron chi connectivity index (χ1n) is 7.10. The molecule has 0 radical (unpaired) electrons. The summed E-state index contributed by atoms with van der Waals surface area (Å²) in [6.07, 6.45) is 2.67. The summed E-state index contributed by atoms with van der Waals surface area (Å²) < 4.78 is 0.763. The van der Waals surface area contributed by atoms with Crippen LogP contribution in [0.25, 0.3) is 0 Å². The van der Waals surface area contributed by atoms with Crippen LogP contribution in [-0.4, -0.2) is 20.5 Å². The van der Waals surface area contributed by atoms with Crippen molar-refractivity contribution in [1.29, 1.82) is 0 Å². The van der Waals surface area contributed by atoms with Crippen molar-refractivity contribution in [3.05, 3.63) is 0 Å². The van der Waals surface area contributed by atoms with Gasteiger partial charge in [-0.3, -0.25) is 0 Å². The highest BCUT2D eigenvalue weighted by molar-refractivity contribution is 8.04. The molecule has 0 aromatic rings. The Morgan fingerprint density at radius 3 is 1.61 bits per heavy atom. The Kier molecular flexibility index (Phi) is 7.19. The molecule has 0 aliphatic carbocycles. The average molecular weight is 291 g/mol. The van der Waals surface area contributed by atoms with Gasteiger partial charge in [-0.1, -0.05) is 62.3 Å². The monoisotopic (exact) mass is 290 g/mol. The Morgan fingerprint density at radius 1 is 0.778 bits per heavy atom. The summed E-state index contributed by atoms with van der Waals surface area (Å²) in [7, 11) is 0. The summed E-state index contributed by atoms with van der Waals surface area (Å²) in [4.78, 5) is 0. The number of hydrogen-bond donors (Lipinski definition) is 0. The summed E-state index contributed by atoms with van der Waals surface area (Å²) in [6, 6.07) is 0. The van der Waals surface area contributed by atoms with E-state index in [0.29, 0.717) is 14.9 Å². The van der Waals surface area contributed by atoms with Gasteiger partial charge in [0, 0.05) is 20.5 Å². The molecule has 0 amide bonds. The molecule has 0 fully saturated rings. The van der Waals surface area contributed by atoms with Crippen LogP contribution in [-0.2, 0) is 0 Å². The van der Waals surface area contributed by atoms with E-state index >= 15 is 0 Å². The average Bonchev–Trinajstić information content (AvgIpc) is 2.05. The van der Waals surface area contributed by atoms with Gasteiger partial charge < -0.3 is 0 Å². The van der Waals surface area contributed by atoms with Crippen LogP contribution in [0.1, 0.15) is 75.2 Å². The summed E-state index contributed by atoms with van der Waals surface area (Å²) in [5.74, 6) is 1.28. The topological polar surface area (TPSA) is 0 Å². The van der Waals surface area contributed by atoms with Crippen molar-refractivity contribution in [2.75, 3.05) is 5.75 Å². The molecule has 110 valence electrons. The SMILES string of the molecule is CC(C)(C)CCC(CSC(C)(C)C)SC(C)(C)C. The van der Waals surface area contributed by atoms with Gasteiger partial charge in [-0.25, -0.2) is 0 Å². The molecule has 0 aliphatic heterocycles. The van der Waals surface area contributed by atoms with Crippen LogP contribution < -0.4 is 0 Å². The summed E-state index contributed by atoms with van der Waals surface area (Å²) in [5.41, 5.74) is 0.461. The highest BCUT2D eigenvalue weighted by Gasteiger charge is 2.23. The van der Waals surface area contributed by atoms with Crippen molar-refractivity contribution < 1.29 is 0 Å². The Morgan fingerprint density at radius 2 is 1.28 bits per heavy atom. The molecule has 2 heteroatoms. The van der Waals surface area contributed by atoms with Crippen LogP contribution in [0.2, 0.25) is 0 Å². The summed E-state index contributed by atoms with van der Waals surface area (Å²) >= 11 is 4.27. The summed E-state index contributed by atoms with van der Waals surface area (Å²) in [6.45, 7) is 21.0. The van der Waals surface area contributed by atoms with Crippen molar-refractivity contribution in [3.63, 3.8) is 0 Å². The third-order valence-corrected chi connectivity index (χ3v) is 5.53. The maximum atomic E-state index is 2.35. The first kappa shape index (κ1) is 18.7. The molecule has 0 aromatic carbocycles. The molecule has 1 unspecified atom stereocenters. The minimum absolute atomic E-state index is 0.376. The van der Waals surface area contributed by atoms with Crippen molar-refractivity contribution in [3.8, 4) is 0 Å². The minimum Gasteiger partial charge on any atom is -0.155 e. The second-order valence-corrected chi connectivity index (χ2v) is 12.3. The van der Waals surface area contributed by atoms with Gasteiger partial charge in [0.25, 0.3) is 0 Å². The standard InChI is InChI=1S/C16H34S2/c1-14(2,3)11-10-13(18-16(7,8)9)12-17-15(4,5)6/h13H,10-12H2,1-9H3. The molecule has 18 heavy (non-hydrogen) atoms. The predicted molar refractivity (Wildman–Crippen MR) is 92.0 cm³/mol. The normalized spacial score (nSPS) is 15.8. The second-order valence-electron chi connectivity index (χ2n) is 8.37. The molecule has 0 bridgehead atoms. The van der Waals surface area contributed by atoms with Crippen LogP contribution in [0.3, 0.4) is 0 Å². The molecule has 0 saturated heterocycles. The van der Waals surface area contributed by atoms with Gasteiger partial charge in [0.2, 0.25) is 0 Å². The highest BCUT2D eigenvalue weighted by atomic mass is 32.2. The quantitative estimate of drug-likeness (QED) is 0.587. The maximum Gasteiger partial charge on any atom is 0.0143 e. The zero-order valence-corrected chi connectivity index (χ0v) is 15.6. The Labute approximate surface area is 124 Å². The fraction of sp³-hybridized carbons (Fsp3) is 1.00. The van der Waals surface area contributed by atoms with Crippen molar-refractivity contribution in [1.82, 2.24) is 0 Å². The first-order chi connectivity index (χ1) is 7.79. The van der Waals surface area contributed by atoms with Crippen molar-refractivity contribution in [2.45, 2.75) is 89.9 Å². The van der Waals surface area contributed by atoms with E-state index in [9.17, 15) is 0 Å². The zero-order chi connectivity index (χ0) is 14.6. The zero-order valence-electron chi connectivity index (χ0n) is 14.0. The Balaban J connectivity index is 4.35. The largest absolute Gasteiger partial charge is 0.155 e. The van der Waals surface area contributed by atoms with Gasteiger partial charge in [0.1, 0.15) is 0 Å². The molecule has 0 heterocycles. The third-order valence-electron chi connectivity index (χ3n) is 2.44. The van der Waals surface area contributed by atoms with Crippen LogP contribution in [0.4, 0.5) is 0 Å². The molecule has 0 saturated carbocycles. The predicted octanol–water partition coefficient (Wildman–Crippen LogP) is 6.24. The van der Waals surface area contributed by atoms with E-state index in [0.717, 1.165) is 5.25 Å². The molecule has 0 N–H and O–H groups in total. The van der Waals surface area contributed by atoms with Gasteiger partial charge in [-0.05, 0) is 18.3 Å². The van der Waals surface area contributed by atoms with E-state index in [1.54, 1.807) is 0 Å². The number of hydrogen-bond acceptors (Lipinski definition) is 2. The fourth-order valence-corrected chi connectivity index (χ4v) is 4.18. The molecule has 0 nitrogen and oxygen atoms in total.